The van der Waals surface area contributed by atoms with Gasteiger partial charge in [0, 0.05) is 24.3 Å². The maximum absolute atomic E-state index is 13.2. The van der Waals surface area contributed by atoms with Crippen LogP contribution in [0.4, 0.5) is 0 Å². The lowest BCUT2D eigenvalue weighted by Gasteiger charge is -2.13. The van der Waals surface area contributed by atoms with Crippen LogP contribution in [0, 0.1) is 23.7 Å². The second kappa shape index (κ2) is 14.8. The molecule has 3 rings (SSSR count). The summed E-state index contributed by atoms with van der Waals surface area (Å²) in [6.45, 7) is 0. The Labute approximate surface area is 217 Å². The number of benzene rings is 1. The van der Waals surface area contributed by atoms with Crippen LogP contribution in [0.2, 0.25) is 0 Å². The number of carbonyl (C=O) groups is 2. The predicted octanol–water partition coefficient (Wildman–Crippen LogP) is 4.83. The average Bonchev–Trinajstić information content (AvgIpc) is 3.54. The number of aryl methyl sites for hydroxylation is 1. The lowest BCUT2D eigenvalue weighted by atomic mass is 9.96. The van der Waals surface area contributed by atoms with E-state index in [2.05, 4.69) is 16.6 Å². The van der Waals surface area contributed by atoms with Crippen molar-refractivity contribution in [1.29, 1.82) is 0 Å². The summed E-state index contributed by atoms with van der Waals surface area (Å²) in [5.41, 5.74) is 1.67. The minimum Gasteiger partial charge on any atom is -0.611 e. The number of Topliss-reactive ketones (excluding diaryl/α,β-unsaturated/α-hetero) is 1. The predicted molar refractivity (Wildman–Crippen MR) is 143 cm³/mol. The number of aliphatic hydroxyl groups excluding tert-OH is 1. The van der Waals surface area contributed by atoms with Crippen LogP contribution in [-0.2, 0) is 31.9 Å². The van der Waals surface area contributed by atoms with Crippen LogP contribution in [0.5, 0.6) is 0 Å². The molecule has 1 saturated carbocycles. The number of esters is 1. The molecule has 0 aromatic heterocycles. The SMILES string of the molecule is COC(=O)CCCC#C/C=C1\C(=O)C([S+]([O-])CCCc2ccccc2)=CC1/C=C/C(O)C1CCCC1. The Morgan fingerprint density at radius 2 is 2.00 bits per heavy atom. The van der Waals surface area contributed by atoms with Gasteiger partial charge in [-0.1, -0.05) is 67.2 Å². The zero-order chi connectivity index (χ0) is 25.8. The van der Waals surface area contributed by atoms with Crippen molar-refractivity contribution in [3.63, 3.8) is 0 Å². The fourth-order valence-electron chi connectivity index (χ4n) is 4.60. The number of unbranched alkanes of at least 4 members (excludes halogenated alkanes) is 1. The molecule has 0 heterocycles. The van der Waals surface area contributed by atoms with Gasteiger partial charge in [-0.25, -0.2) is 0 Å². The highest BCUT2D eigenvalue weighted by Crippen LogP contribution is 2.33. The highest BCUT2D eigenvalue weighted by molar-refractivity contribution is 7.96. The molecule has 0 radical (unpaired) electrons. The Kier molecular flexibility index (Phi) is 11.5. The second-order valence-corrected chi connectivity index (χ2v) is 10.8. The number of ketones is 1. The van der Waals surface area contributed by atoms with Crippen molar-refractivity contribution >= 4 is 22.9 Å². The maximum Gasteiger partial charge on any atom is 0.305 e. The van der Waals surface area contributed by atoms with Gasteiger partial charge in [-0.3, -0.25) is 9.59 Å². The molecule has 0 bridgehead atoms. The third kappa shape index (κ3) is 8.51. The molecular weight excluding hydrogens is 472 g/mol. The van der Waals surface area contributed by atoms with E-state index in [1.807, 2.05) is 36.4 Å². The first kappa shape index (κ1) is 28.0. The largest absolute Gasteiger partial charge is 0.611 e. The van der Waals surface area contributed by atoms with E-state index in [-0.39, 0.29) is 23.6 Å². The average molecular weight is 509 g/mol. The molecule has 3 unspecified atom stereocenters. The van der Waals surface area contributed by atoms with Crippen molar-refractivity contribution in [2.45, 2.75) is 63.9 Å². The first-order valence-corrected chi connectivity index (χ1v) is 14.1. The van der Waals surface area contributed by atoms with Gasteiger partial charge in [0.15, 0.2) is 4.91 Å². The quantitative estimate of drug-likeness (QED) is 0.116. The molecule has 5 nitrogen and oxygen atoms in total. The van der Waals surface area contributed by atoms with Crippen LogP contribution in [0.25, 0.3) is 0 Å². The van der Waals surface area contributed by atoms with E-state index in [1.54, 1.807) is 18.2 Å². The van der Waals surface area contributed by atoms with E-state index in [0.29, 0.717) is 35.5 Å². The molecule has 2 aliphatic carbocycles. The number of ether oxygens (including phenoxy) is 1. The minimum atomic E-state index is -1.40. The van der Waals surface area contributed by atoms with Gasteiger partial charge >= 0.3 is 5.97 Å². The molecule has 1 aromatic rings. The number of carbonyl (C=O) groups excluding carboxylic acids is 2. The smallest absolute Gasteiger partial charge is 0.305 e. The van der Waals surface area contributed by atoms with Crippen molar-refractivity contribution in [2.75, 3.05) is 12.9 Å². The topological polar surface area (TPSA) is 86.7 Å². The Morgan fingerprint density at radius 3 is 2.72 bits per heavy atom. The van der Waals surface area contributed by atoms with E-state index >= 15 is 0 Å². The van der Waals surface area contributed by atoms with Gasteiger partial charge in [-0.15, -0.1) is 0 Å². The number of hydrogen-bond acceptors (Lipinski definition) is 5. The summed E-state index contributed by atoms with van der Waals surface area (Å²) in [4.78, 5) is 24.7. The third-order valence-electron chi connectivity index (χ3n) is 6.70. The normalized spacial score (nSPS) is 20.9. The Morgan fingerprint density at radius 1 is 1.25 bits per heavy atom. The lowest BCUT2D eigenvalue weighted by molar-refractivity contribution is -0.140. The van der Waals surface area contributed by atoms with Gasteiger partial charge in [0.05, 0.1) is 13.2 Å². The van der Waals surface area contributed by atoms with E-state index in [9.17, 15) is 19.2 Å². The molecule has 36 heavy (non-hydrogen) atoms. The molecule has 1 aromatic carbocycles. The van der Waals surface area contributed by atoms with Crippen LogP contribution in [0.1, 0.15) is 56.9 Å². The molecule has 1 fully saturated rings. The Bertz CT molecular complexity index is 1020. The summed E-state index contributed by atoms with van der Waals surface area (Å²) in [7, 11) is 1.36. The highest BCUT2D eigenvalue weighted by atomic mass is 32.2. The zero-order valence-electron chi connectivity index (χ0n) is 21.0. The van der Waals surface area contributed by atoms with E-state index in [1.165, 1.54) is 12.7 Å². The van der Waals surface area contributed by atoms with Gasteiger partial charge in [-0.2, -0.15) is 0 Å². The van der Waals surface area contributed by atoms with Crippen molar-refractivity contribution < 1.29 is 24.0 Å². The summed E-state index contributed by atoms with van der Waals surface area (Å²) in [5.74, 6) is 5.73. The molecule has 0 spiro atoms. The number of allylic oxidation sites excluding steroid dienone is 5. The van der Waals surface area contributed by atoms with E-state index < -0.39 is 17.3 Å². The molecule has 192 valence electrons. The van der Waals surface area contributed by atoms with Crippen LogP contribution in [0.3, 0.4) is 0 Å². The molecule has 6 heteroatoms. The van der Waals surface area contributed by atoms with Crippen LogP contribution in [-0.4, -0.2) is 40.4 Å². The molecule has 0 aliphatic heterocycles. The van der Waals surface area contributed by atoms with E-state index in [0.717, 1.165) is 38.5 Å². The third-order valence-corrected chi connectivity index (χ3v) is 8.17. The standard InChI is InChI=1S/C30H36O5S/c1-35-29(32)18-8-3-2-7-17-26-25(19-20-27(31)24-15-9-10-16-24)22-28(30(26)33)36(34)21-11-14-23-12-5-4-6-13-23/h4-6,12-13,17,19-20,22,24-25,27,31H,3,8-11,14-16,18,21H2,1H3/b20-19+,26-17-. The minimum absolute atomic E-state index is 0.234. The first-order chi connectivity index (χ1) is 17.5. The van der Waals surface area contributed by atoms with Crippen molar-refractivity contribution in [3.8, 4) is 11.8 Å². The van der Waals surface area contributed by atoms with Gasteiger partial charge in [0.2, 0.25) is 5.78 Å². The van der Waals surface area contributed by atoms with Gasteiger partial charge in [0.25, 0.3) is 0 Å². The fourth-order valence-corrected chi connectivity index (χ4v) is 5.85. The van der Waals surface area contributed by atoms with Crippen LogP contribution in [0.15, 0.2) is 65.1 Å². The van der Waals surface area contributed by atoms with Gasteiger partial charge < -0.3 is 14.4 Å². The number of hydrogen-bond donors (Lipinski definition) is 1. The summed E-state index contributed by atoms with van der Waals surface area (Å²) >= 11 is -1.40. The molecule has 2 aliphatic rings. The highest BCUT2D eigenvalue weighted by Gasteiger charge is 2.36. The summed E-state index contributed by atoms with van der Waals surface area (Å²) in [5, 5.41) is 10.6. The number of methoxy groups -OCH3 is 1. The first-order valence-electron chi connectivity index (χ1n) is 12.8. The van der Waals surface area contributed by atoms with Crippen molar-refractivity contribution in [2.24, 2.45) is 11.8 Å². The van der Waals surface area contributed by atoms with Crippen molar-refractivity contribution in [1.82, 2.24) is 0 Å². The summed E-state index contributed by atoms with van der Waals surface area (Å²) in [6.07, 6.45) is 13.7. The summed E-state index contributed by atoms with van der Waals surface area (Å²) in [6, 6.07) is 10.0. The molecular formula is C30H36O5S. The zero-order valence-corrected chi connectivity index (χ0v) is 21.8. The molecule has 0 amide bonds. The number of rotatable bonds is 11. The summed E-state index contributed by atoms with van der Waals surface area (Å²) < 4.78 is 17.7. The van der Waals surface area contributed by atoms with Crippen molar-refractivity contribution in [3.05, 3.63) is 70.7 Å². The number of aliphatic hydroxyl groups is 1. The monoisotopic (exact) mass is 508 g/mol. The fraction of sp³-hybridized carbons (Fsp3) is 0.467. The molecule has 0 saturated heterocycles. The molecule has 1 N–H and O–H groups in total. The molecule has 3 atom stereocenters. The maximum atomic E-state index is 13.2. The van der Waals surface area contributed by atoms with Gasteiger partial charge in [-0.05, 0) is 66.9 Å². The van der Waals surface area contributed by atoms with Crippen LogP contribution < -0.4 is 0 Å². The second-order valence-electron chi connectivity index (χ2n) is 9.30. The van der Waals surface area contributed by atoms with Crippen LogP contribution >= 0.6 is 0 Å². The van der Waals surface area contributed by atoms with Gasteiger partial charge in [0.1, 0.15) is 5.75 Å². The van der Waals surface area contributed by atoms with E-state index in [4.69, 9.17) is 0 Å². The Hall–Kier alpha value is -2.59. The lowest BCUT2D eigenvalue weighted by Crippen LogP contribution is -2.16. The Balaban J connectivity index is 1.66.